The quantitative estimate of drug-likeness (QED) is 0.835. The van der Waals surface area contributed by atoms with Gasteiger partial charge in [0.1, 0.15) is 18.0 Å². The monoisotopic (exact) mass is 306 g/mol. The van der Waals surface area contributed by atoms with Crippen LogP contribution in [0, 0.1) is 0 Å². The number of rotatable bonds is 6. The first-order valence-electron chi connectivity index (χ1n) is 8.25. The lowest BCUT2D eigenvalue weighted by molar-refractivity contribution is 0.00736. The second-order valence-electron chi connectivity index (χ2n) is 6.38. The maximum absolute atomic E-state index is 9.46. The molecule has 1 unspecified atom stereocenters. The van der Waals surface area contributed by atoms with Crippen molar-refractivity contribution < 1.29 is 9.84 Å². The van der Waals surface area contributed by atoms with Gasteiger partial charge in [0.2, 0.25) is 0 Å². The maximum atomic E-state index is 9.46. The minimum atomic E-state index is -0.0492. The van der Waals surface area contributed by atoms with Crippen LogP contribution in [-0.2, 0) is 4.74 Å². The summed E-state index contributed by atoms with van der Waals surface area (Å²) in [6, 6.07) is 2.16. The van der Waals surface area contributed by atoms with Crippen LogP contribution in [0.5, 0.6) is 0 Å². The average molecular weight is 306 g/mol. The van der Waals surface area contributed by atoms with Crippen molar-refractivity contribution in [2.45, 2.75) is 50.2 Å². The number of methoxy groups -OCH3 is 1. The molecule has 2 N–H and O–H groups in total. The van der Waals surface area contributed by atoms with Gasteiger partial charge in [-0.3, -0.25) is 0 Å². The summed E-state index contributed by atoms with van der Waals surface area (Å²) in [6.07, 6.45) is 8.40. The Labute approximate surface area is 131 Å². The van der Waals surface area contributed by atoms with E-state index in [1.807, 2.05) is 6.07 Å². The van der Waals surface area contributed by atoms with Crippen LogP contribution < -0.4 is 10.2 Å². The summed E-state index contributed by atoms with van der Waals surface area (Å²) in [5.74, 6) is 1.73. The van der Waals surface area contributed by atoms with Crippen LogP contribution >= 0.6 is 0 Å². The third-order valence-corrected chi connectivity index (χ3v) is 5.07. The van der Waals surface area contributed by atoms with Crippen molar-refractivity contribution in [2.75, 3.05) is 37.0 Å². The highest BCUT2D eigenvalue weighted by molar-refractivity contribution is 5.50. The Morgan fingerprint density at radius 2 is 2.18 bits per heavy atom. The van der Waals surface area contributed by atoms with E-state index >= 15 is 0 Å². The molecule has 0 aromatic carbocycles. The predicted molar refractivity (Wildman–Crippen MR) is 86.2 cm³/mol. The first kappa shape index (κ1) is 15.5. The lowest BCUT2D eigenvalue weighted by atomic mass is 10.0. The zero-order valence-electron chi connectivity index (χ0n) is 13.3. The van der Waals surface area contributed by atoms with Gasteiger partial charge in [0.05, 0.1) is 18.2 Å². The second kappa shape index (κ2) is 6.79. The van der Waals surface area contributed by atoms with Crippen LogP contribution in [0.3, 0.4) is 0 Å². The molecule has 0 bridgehead atoms. The number of nitrogens with zero attached hydrogens (tertiary/aromatic N) is 3. The van der Waals surface area contributed by atoms with Gasteiger partial charge in [0, 0.05) is 26.3 Å². The molecule has 1 aromatic heterocycles. The highest BCUT2D eigenvalue weighted by Crippen LogP contribution is 2.33. The van der Waals surface area contributed by atoms with Gasteiger partial charge >= 0.3 is 0 Å². The fraction of sp³-hybridized carbons (Fsp3) is 0.750. The van der Waals surface area contributed by atoms with E-state index in [0.29, 0.717) is 0 Å². The van der Waals surface area contributed by atoms with E-state index in [2.05, 4.69) is 20.2 Å². The van der Waals surface area contributed by atoms with Gasteiger partial charge in [-0.25, -0.2) is 9.97 Å². The molecule has 0 spiro atoms. The molecule has 3 rings (SSSR count). The van der Waals surface area contributed by atoms with Crippen LogP contribution in [0.25, 0.3) is 0 Å². The molecule has 1 atom stereocenters. The topological polar surface area (TPSA) is 70.5 Å². The summed E-state index contributed by atoms with van der Waals surface area (Å²) < 4.78 is 5.74. The number of aromatic nitrogens is 2. The Morgan fingerprint density at radius 3 is 2.91 bits per heavy atom. The van der Waals surface area contributed by atoms with E-state index in [9.17, 15) is 5.11 Å². The molecule has 1 aliphatic carbocycles. The lowest BCUT2D eigenvalue weighted by Gasteiger charge is -2.28. The fourth-order valence-electron chi connectivity index (χ4n) is 3.65. The molecule has 2 aliphatic rings. The molecule has 0 radical (unpaired) electrons. The summed E-state index contributed by atoms with van der Waals surface area (Å²) in [6.45, 7) is 1.91. The van der Waals surface area contributed by atoms with Gasteiger partial charge in [-0.15, -0.1) is 0 Å². The minimum absolute atomic E-state index is 0.0492. The normalized spacial score (nSPS) is 23.9. The zero-order chi connectivity index (χ0) is 15.4. The lowest BCUT2D eigenvalue weighted by Crippen LogP contribution is -2.36. The molecule has 22 heavy (non-hydrogen) atoms. The molecule has 1 saturated heterocycles. The van der Waals surface area contributed by atoms with Crippen molar-refractivity contribution in [3.8, 4) is 0 Å². The third-order valence-electron chi connectivity index (χ3n) is 5.07. The van der Waals surface area contributed by atoms with Crippen LogP contribution in [0.4, 0.5) is 11.6 Å². The van der Waals surface area contributed by atoms with Gasteiger partial charge in [-0.05, 0) is 25.7 Å². The Bertz CT molecular complexity index is 491. The van der Waals surface area contributed by atoms with Crippen molar-refractivity contribution in [1.82, 2.24) is 9.97 Å². The van der Waals surface area contributed by atoms with Crippen LogP contribution in [0.1, 0.15) is 38.5 Å². The summed E-state index contributed by atoms with van der Waals surface area (Å²) in [5.41, 5.74) is -0.0492. The first-order valence-corrected chi connectivity index (χ1v) is 8.25. The van der Waals surface area contributed by atoms with Gasteiger partial charge < -0.3 is 20.1 Å². The van der Waals surface area contributed by atoms with Crippen molar-refractivity contribution in [2.24, 2.45) is 0 Å². The Balaban J connectivity index is 1.66. The summed E-state index contributed by atoms with van der Waals surface area (Å²) in [5, 5.41) is 12.9. The standard InChI is InChI=1S/C16H26N4O2/c1-22-16(6-2-3-7-16)11-17-14-9-15(19-12-18-14)20-8-4-5-13(20)10-21/h9,12-13,21H,2-8,10-11H2,1H3,(H,17,18,19). The summed E-state index contributed by atoms with van der Waals surface area (Å²) in [7, 11) is 1.80. The number of anilines is 2. The Hall–Kier alpha value is -1.40. The Kier molecular flexibility index (Phi) is 4.78. The van der Waals surface area contributed by atoms with E-state index in [1.165, 1.54) is 12.8 Å². The fourth-order valence-corrected chi connectivity index (χ4v) is 3.65. The molecule has 122 valence electrons. The molecule has 2 heterocycles. The molecule has 2 fully saturated rings. The number of aliphatic hydroxyl groups is 1. The summed E-state index contributed by atoms with van der Waals surface area (Å²) >= 11 is 0. The van der Waals surface area contributed by atoms with E-state index in [4.69, 9.17) is 4.74 Å². The third kappa shape index (κ3) is 3.17. The number of ether oxygens (including phenoxy) is 1. The smallest absolute Gasteiger partial charge is 0.134 e. The maximum Gasteiger partial charge on any atom is 0.134 e. The van der Waals surface area contributed by atoms with E-state index < -0.39 is 0 Å². The molecule has 0 amide bonds. The molecule has 6 heteroatoms. The van der Waals surface area contributed by atoms with E-state index in [-0.39, 0.29) is 18.2 Å². The zero-order valence-corrected chi connectivity index (χ0v) is 13.3. The van der Waals surface area contributed by atoms with Gasteiger partial charge in [0.15, 0.2) is 0 Å². The number of nitrogens with one attached hydrogen (secondary N) is 1. The molecule has 1 saturated carbocycles. The van der Waals surface area contributed by atoms with Gasteiger partial charge in [-0.1, -0.05) is 12.8 Å². The largest absolute Gasteiger partial charge is 0.394 e. The SMILES string of the molecule is COC1(CNc2cc(N3CCCC3CO)ncn2)CCCC1. The van der Waals surface area contributed by atoms with Crippen molar-refractivity contribution in [3.05, 3.63) is 12.4 Å². The van der Waals surface area contributed by atoms with Crippen molar-refractivity contribution in [1.29, 1.82) is 0 Å². The van der Waals surface area contributed by atoms with Gasteiger partial charge in [-0.2, -0.15) is 0 Å². The molecule has 6 nitrogen and oxygen atoms in total. The highest BCUT2D eigenvalue weighted by atomic mass is 16.5. The molecular formula is C16H26N4O2. The number of hydrogen-bond acceptors (Lipinski definition) is 6. The Morgan fingerprint density at radius 1 is 1.36 bits per heavy atom. The average Bonchev–Trinajstić information content (AvgIpc) is 3.23. The highest BCUT2D eigenvalue weighted by Gasteiger charge is 2.33. The predicted octanol–water partition coefficient (Wildman–Crippen LogP) is 1.81. The summed E-state index contributed by atoms with van der Waals surface area (Å²) in [4.78, 5) is 10.9. The van der Waals surface area contributed by atoms with Crippen LogP contribution in [-0.4, -0.2) is 53.5 Å². The van der Waals surface area contributed by atoms with Gasteiger partial charge in [0.25, 0.3) is 0 Å². The molecular weight excluding hydrogens is 280 g/mol. The van der Waals surface area contributed by atoms with E-state index in [0.717, 1.165) is 50.4 Å². The van der Waals surface area contributed by atoms with Crippen LogP contribution in [0.15, 0.2) is 12.4 Å². The van der Waals surface area contributed by atoms with Crippen molar-refractivity contribution in [3.63, 3.8) is 0 Å². The number of hydrogen-bond donors (Lipinski definition) is 2. The van der Waals surface area contributed by atoms with Crippen LogP contribution in [0.2, 0.25) is 0 Å². The van der Waals surface area contributed by atoms with E-state index in [1.54, 1.807) is 13.4 Å². The van der Waals surface area contributed by atoms with Crippen molar-refractivity contribution >= 4 is 11.6 Å². The molecule has 1 aromatic rings. The molecule has 1 aliphatic heterocycles. The number of aliphatic hydroxyl groups excluding tert-OH is 1. The first-order chi connectivity index (χ1) is 10.8. The second-order valence-corrected chi connectivity index (χ2v) is 6.38. The minimum Gasteiger partial charge on any atom is -0.394 e.